The molecule has 1 atom stereocenters. The highest BCUT2D eigenvalue weighted by atomic mass is 33.1. The Hall–Kier alpha value is -3.28. The van der Waals surface area contributed by atoms with E-state index < -0.39 is 6.23 Å². The number of carbonyl (C=O) groups is 3. The third-order valence-corrected chi connectivity index (χ3v) is 9.26. The van der Waals surface area contributed by atoms with Gasteiger partial charge in [0.25, 0.3) is 5.91 Å². The quantitative estimate of drug-likeness (QED) is 0.00969. The van der Waals surface area contributed by atoms with E-state index in [9.17, 15) is 14.4 Å². The van der Waals surface area contributed by atoms with E-state index in [1.54, 1.807) is 35.1 Å². The molecule has 1 aromatic rings. The first-order valence-electron chi connectivity index (χ1n) is 20.2. The van der Waals surface area contributed by atoms with E-state index in [0.717, 1.165) is 37.7 Å². The number of ether oxygens (including phenoxy) is 4. The van der Waals surface area contributed by atoms with E-state index in [-0.39, 0.29) is 44.1 Å². The Kier molecular flexibility index (Phi) is 35.8. The van der Waals surface area contributed by atoms with Crippen LogP contribution in [0.5, 0.6) is 5.75 Å². The number of carbonyl (C=O) groups excluding carboxylic acids is 3. The average Bonchev–Trinajstić information content (AvgIpc) is 3.17. The predicted octanol–water partition coefficient (Wildman–Crippen LogP) is 6.63. The van der Waals surface area contributed by atoms with Crippen molar-refractivity contribution >= 4 is 39.3 Å². The van der Waals surface area contributed by atoms with Crippen LogP contribution < -0.4 is 31.3 Å². The second-order valence-corrected chi connectivity index (χ2v) is 16.8. The molecule has 1 rings (SSSR count). The lowest BCUT2D eigenvalue weighted by Crippen LogP contribution is -2.34. The Morgan fingerprint density at radius 2 is 1.47 bits per heavy atom. The SMILES string of the molecule is CC(C)/C=C/CNC(=O)CCCCOCSSCCNC(C)C.CC(C)/C=C/CNC(=O)COCCOC(COc1cccc(C(=O)NCCNC(C)C)c1)N=[N+]=[N-]. The highest BCUT2D eigenvalue weighted by Gasteiger charge is 2.11. The third kappa shape index (κ3) is 37.0. The second kappa shape index (κ2) is 38.0. The standard InChI is InChI=1S/C24H38N6O5.C17H34N2O2S2/c1-18(2)7-6-10-27-22(31)16-33-13-14-34-23(29-30-25)17-35-21-9-5-8-20(15-21)24(32)28-12-11-26-19(3)4;1-15(2)8-7-10-19-17(20)9-5-6-12-21-14-23-22-13-11-18-16(3)4/h5-9,15,18-19,23,26H,10-14,16-17H2,1-4H3,(H,27,31)(H,28,32);7-8,15-16,18H,5-6,9-14H2,1-4H3,(H,19,20)/b7-6+;8-7+. The monoisotopic (exact) mass is 852 g/mol. The van der Waals surface area contributed by atoms with Crippen molar-refractivity contribution in [2.24, 2.45) is 17.0 Å². The summed E-state index contributed by atoms with van der Waals surface area (Å²) >= 11 is 0. The third-order valence-electron chi connectivity index (χ3n) is 7.17. The second-order valence-electron chi connectivity index (χ2n) is 14.3. The van der Waals surface area contributed by atoms with Gasteiger partial charge in [0.2, 0.25) is 11.8 Å². The lowest BCUT2D eigenvalue weighted by atomic mass is 10.2. The Morgan fingerprint density at radius 1 is 0.793 bits per heavy atom. The Labute approximate surface area is 355 Å². The fourth-order valence-electron chi connectivity index (χ4n) is 4.34. The maximum Gasteiger partial charge on any atom is 0.251 e. The number of nitrogens with one attached hydrogen (secondary N) is 5. The van der Waals surface area contributed by atoms with Gasteiger partial charge >= 0.3 is 0 Å². The highest BCUT2D eigenvalue weighted by molar-refractivity contribution is 8.76. The fourth-order valence-corrected chi connectivity index (χ4v) is 5.93. The van der Waals surface area contributed by atoms with Gasteiger partial charge < -0.3 is 45.5 Å². The molecule has 3 amide bonds. The Morgan fingerprint density at radius 3 is 2.12 bits per heavy atom. The van der Waals surface area contributed by atoms with E-state index in [4.69, 9.17) is 24.5 Å². The van der Waals surface area contributed by atoms with Gasteiger partial charge in [0.1, 0.15) is 24.9 Å². The summed E-state index contributed by atoms with van der Waals surface area (Å²) in [6, 6.07) is 7.60. The molecule has 15 nitrogen and oxygen atoms in total. The molecule has 0 bridgehead atoms. The van der Waals surface area contributed by atoms with Gasteiger partial charge in [-0.15, -0.1) is 0 Å². The van der Waals surface area contributed by atoms with Crippen LogP contribution in [0.1, 0.15) is 85.0 Å². The number of hydrogen-bond acceptors (Lipinski definition) is 12. The van der Waals surface area contributed by atoms with Crippen molar-refractivity contribution < 1.29 is 33.3 Å². The molecule has 0 heterocycles. The summed E-state index contributed by atoms with van der Waals surface area (Å²) in [5.74, 6) is 2.91. The van der Waals surface area contributed by atoms with E-state index in [2.05, 4.69) is 84.2 Å². The zero-order valence-electron chi connectivity index (χ0n) is 36.1. The molecular formula is C41H72N8O7S2. The van der Waals surface area contributed by atoms with Crippen LogP contribution in [0.15, 0.2) is 53.7 Å². The Balaban J connectivity index is 0.00000123. The van der Waals surface area contributed by atoms with Gasteiger partial charge in [-0.2, -0.15) is 0 Å². The van der Waals surface area contributed by atoms with Crippen LogP contribution in [0.25, 0.3) is 10.4 Å². The number of benzene rings is 1. The van der Waals surface area contributed by atoms with Crippen LogP contribution in [-0.2, 0) is 23.8 Å². The lowest BCUT2D eigenvalue weighted by molar-refractivity contribution is -0.126. The smallest absolute Gasteiger partial charge is 0.251 e. The van der Waals surface area contributed by atoms with Gasteiger partial charge in [-0.05, 0) is 48.4 Å². The van der Waals surface area contributed by atoms with Crippen molar-refractivity contribution in [2.45, 2.75) is 93.0 Å². The number of unbranched alkanes of at least 4 members (excludes halogenated alkanes) is 1. The molecule has 17 heteroatoms. The predicted molar refractivity (Wildman–Crippen MR) is 239 cm³/mol. The van der Waals surface area contributed by atoms with Crippen LogP contribution in [-0.4, -0.2) is 113 Å². The first kappa shape index (κ1) is 54.7. The molecule has 0 saturated heterocycles. The number of hydrogen-bond donors (Lipinski definition) is 5. The van der Waals surface area contributed by atoms with E-state index in [1.807, 2.05) is 42.9 Å². The van der Waals surface area contributed by atoms with Crippen molar-refractivity contribution in [3.8, 4) is 5.75 Å². The lowest BCUT2D eigenvalue weighted by Gasteiger charge is -2.15. The summed E-state index contributed by atoms with van der Waals surface area (Å²) in [7, 11) is 3.59. The summed E-state index contributed by atoms with van der Waals surface area (Å²) in [6.07, 6.45) is 9.53. The van der Waals surface area contributed by atoms with E-state index >= 15 is 0 Å². The molecule has 0 aromatic heterocycles. The zero-order valence-corrected chi connectivity index (χ0v) is 37.8. The average molecular weight is 853 g/mol. The van der Waals surface area contributed by atoms with Crippen LogP contribution in [0.4, 0.5) is 0 Å². The molecule has 5 N–H and O–H groups in total. The van der Waals surface area contributed by atoms with Crippen molar-refractivity contribution in [3.63, 3.8) is 0 Å². The first-order chi connectivity index (χ1) is 27.8. The fraction of sp³-hybridized carbons (Fsp3) is 0.683. The van der Waals surface area contributed by atoms with Crippen LogP contribution in [0, 0.1) is 11.8 Å². The van der Waals surface area contributed by atoms with Crippen molar-refractivity contribution in [1.82, 2.24) is 26.6 Å². The van der Waals surface area contributed by atoms with E-state index in [0.29, 0.717) is 67.8 Å². The molecule has 0 radical (unpaired) electrons. The van der Waals surface area contributed by atoms with Crippen molar-refractivity contribution in [2.75, 3.05) is 77.4 Å². The van der Waals surface area contributed by atoms with Gasteiger partial charge in [0, 0.05) is 74.1 Å². The summed E-state index contributed by atoms with van der Waals surface area (Å²) in [5.41, 5.74) is 9.23. The molecule has 0 aliphatic heterocycles. The maximum atomic E-state index is 12.3. The van der Waals surface area contributed by atoms with Gasteiger partial charge in [-0.25, -0.2) is 0 Å². The zero-order chi connectivity index (χ0) is 43.2. The normalized spacial score (nSPS) is 11.9. The minimum absolute atomic E-state index is 0.0455. The summed E-state index contributed by atoms with van der Waals surface area (Å²) in [4.78, 5) is 38.3. The number of azide groups is 1. The minimum Gasteiger partial charge on any atom is -0.491 e. The van der Waals surface area contributed by atoms with Crippen molar-refractivity contribution in [3.05, 3.63) is 64.6 Å². The molecule has 58 heavy (non-hydrogen) atoms. The number of rotatable bonds is 33. The van der Waals surface area contributed by atoms with Crippen molar-refractivity contribution in [1.29, 1.82) is 0 Å². The number of amides is 3. The summed E-state index contributed by atoms with van der Waals surface area (Å²) < 4.78 is 21.9. The number of nitrogens with zero attached hydrogens (tertiary/aromatic N) is 3. The summed E-state index contributed by atoms with van der Waals surface area (Å²) in [5, 5.41) is 18.6. The first-order valence-corrected chi connectivity index (χ1v) is 22.7. The molecule has 1 aromatic carbocycles. The Bertz CT molecular complexity index is 1330. The minimum atomic E-state index is -0.891. The van der Waals surface area contributed by atoms with Gasteiger partial charge in [0.05, 0.1) is 13.2 Å². The maximum absolute atomic E-state index is 12.3. The van der Waals surface area contributed by atoms with Gasteiger partial charge in [-0.1, -0.05) is 112 Å². The van der Waals surface area contributed by atoms with Crippen LogP contribution in [0.3, 0.4) is 0 Å². The van der Waals surface area contributed by atoms with Crippen LogP contribution >= 0.6 is 21.6 Å². The molecular weight excluding hydrogens is 781 g/mol. The molecule has 1 unspecified atom stereocenters. The van der Waals surface area contributed by atoms with Gasteiger partial charge in [0.15, 0.2) is 6.23 Å². The molecule has 0 fully saturated rings. The molecule has 330 valence electrons. The van der Waals surface area contributed by atoms with Gasteiger partial charge in [-0.3, -0.25) is 14.4 Å². The molecule has 0 aliphatic rings. The van der Waals surface area contributed by atoms with E-state index in [1.165, 1.54) is 0 Å². The number of allylic oxidation sites excluding steroid dienone is 2. The topological polar surface area (TPSA) is 197 Å². The molecule has 0 aliphatic carbocycles. The van der Waals surface area contributed by atoms with Crippen LogP contribution in [0.2, 0.25) is 0 Å². The largest absolute Gasteiger partial charge is 0.491 e. The summed E-state index contributed by atoms with van der Waals surface area (Å²) in [6.45, 7) is 20.9. The highest BCUT2D eigenvalue weighted by Crippen LogP contribution is 2.20. The molecule has 0 saturated carbocycles. The molecule has 0 spiro atoms.